The number of aliphatic hydroxyl groups is 2. The van der Waals surface area contributed by atoms with E-state index in [1.165, 1.54) is 18.7 Å². The largest absolute Gasteiger partial charge is 0.504 e. The number of piperazine rings is 1. The summed E-state index contributed by atoms with van der Waals surface area (Å²) in [6, 6.07) is 7.71. The number of aliphatic hydroxyl groups excluding tert-OH is 1. The maximum absolute atomic E-state index is 15.0. The molecule has 0 aliphatic carbocycles. The number of phenolic OH excluding ortho intramolecular Hbond substituents is 1. The van der Waals surface area contributed by atoms with Crippen molar-refractivity contribution in [2.75, 3.05) is 39.4 Å². The van der Waals surface area contributed by atoms with E-state index < -0.39 is 58.2 Å². The number of aromatic amines is 1. The maximum atomic E-state index is 15.0. The molecular formula is C42H44N4O10S. The van der Waals surface area contributed by atoms with E-state index in [0.717, 1.165) is 33.2 Å². The first-order valence-corrected chi connectivity index (χ1v) is 20.5. The summed E-state index contributed by atoms with van der Waals surface area (Å²) in [5.74, 6) is 0.805. The van der Waals surface area contributed by atoms with Crippen molar-refractivity contribution in [3.8, 4) is 28.7 Å². The van der Waals surface area contributed by atoms with Crippen molar-refractivity contribution in [2.45, 2.75) is 86.8 Å². The highest BCUT2D eigenvalue weighted by molar-refractivity contribution is 7.99. The summed E-state index contributed by atoms with van der Waals surface area (Å²) in [5.41, 5.74) is 3.39. The molecule has 3 saturated heterocycles. The predicted molar refractivity (Wildman–Crippen MR) is 207 cm³/mol. The van der Waals surface area contributed by atoms with Crippen LogP contribution in [-0.2, 0) is 31.8 Å². The van der Waals surface area contributed by atoms with Crippen LogP contribution in [-0.4, -0.2) is 99.3 Å². The van der Waals surface area contributed by atoms with Crippen LogP contribution in [0.15, 0.2) is 30.3 Å². The number of rotatable bonds is 3. The number of esters is 2. The van der Waals surface area contributed by atoms with E-state index in [1.54, 1.807) is 7.11 Å². The Morgan fingerprint density at radius 1 is 1.11 bits per heavy atom. The minimum absolute atomic E-state index is 0.0578. The molecule has 12 rings (SSSR count). The number of nitrogens with one attached hydrogen (secondary N) is 2. The van der Waals surface area contributed by atoms with Gasteiger partial charge in [0.25, 0.3) is 0 Å². The molecule has 9 heterocycles. The summed E-state index contributed by atoms with van der Waals surface area (Å²) in [5, 5.41) is 39.9. The molecular weight excluding hydrogens is 753 g/mol. The number of aromatic hydroxyl groups is 1. The summed E-state index contributed by atoms with van der Waals surface area (Å²) in [7, 11) is 1.55. The number of methoxy groups -OCH3 is 1. The van der Waals surface area contributed by atoms with Crippen LogP contribution >= 0.6 is 11.8 Å². The van der Waals surface area contributed by atoms with Crippen LogP contribution in [0.2, 0.25) is 0 Å². The number of fused-ring (bicyclic) bond motifs is 11. The molecule has 1 aromatic heterocycles. The number of benzene rings is 3. The predicted octanol–water partition coefficient (Wildman–Crippen LogP) is 3.99. The number of thioether (sulfide) groups is 1. The lowest BCUT2D eigenvalue weighted by Crippen LogP contribution is -2.67. The molecule has 5 N–H and O–H groups in total. The number of phenols is 1. The number of ether oxygens (including phenoxy) is 5. The lowest BCUT2D eigenvalue weighted by atomic mass is 9.75. The highest BCUT2D eigenvalue weighted by Gasteiger charge is 2.72. The molecule has 8 aliphatic rings. The van der Waals surface area contributed by atoms with E-state index in [0.29, 0.717) is 58.2 Å². The van der Waals surface area contributed by atoms with Crippen molar-refractivity contribution in [1.82, 2.24) is 20.1 Å². The number of aryl methyl sites for hydroxylation is 1. The Labute approximate surface area is 332 Å². The SMILES string of the molecule is COc1c(C)cc2c(c1O)[C@@H]1C3[C@@H]4SC[C@]5(N[C@@H](CO)Cc6c5[nH]c5ccccc65)C(=O)OC[C@@H](c5c6c(c(C)c(OC(C)=O)c54)OCO6)N3[C@@]3(O)CN1[C@]2(C)C3. The van der Waals surface area contributed by atoms with E-state index in [9.17, 15) is 20.1 Å². The van der Waals surface area contributed by atoms with Gasteiger partial charge in [-0.3, -0.25) is 19.9 Å². The van der Waals surface area contributed by atoms with Crippen LogP contribution in [0.25, 0.3) is 10.9 Å². The van der Waals surface area contributed by atoms with Crippen LogP contribution in [0, 0.1) is 13.8 Å². The van der Waals surface area contributed by atoms with Crippen LogP contribution in [0.3, 0.4) is 0 Å². The first-order valence-electron chi connectivity index (χ1n) is 19.5. The van der Waals surface area contributed by atoms with E-state index in [4.69, 9.17) is 23.7 Å². The molecule has 0 saturated carbocycles. The van der Waals surface area contributed by atoms with Gasteiger partial charge in [-0.05, 0) is 56.0 Å². The number of hydrogen-bond acceptors (Lipinski definition) is 14. The second kappa shape index (κ2) is 11.8. The van der Waals surface area contributed by atoms with Gasteiger partial charge in [-0.25, -0.2) is 4.79 Å². The average Bonchev–Trinajstić information content (AvgIpc) is 3.93. The van der Waals surface area contributed by atoms with Crippen molar-refractivity contribution < 1.29 is 48.6 Å². The fourth-order valence-corrected chi connectivity index (χ4v) is 13.5. The lowest BCUT2D eigenvalue weighted by molar-refractivity contribution is -0.196. The van der Waals surface area contributed by atoms with Crippen LogP contribution in [0.4, 0.5) is 0 Å². The topological polar surface area (TPSA) is 175 Å². The Bertz CT molecular complexity index is 2470. The quantitative estimate of drug-likeness (QED) is 0.149. The van der Waals surface area contributed by atoms with Gasteiger partial charge >= 0.3 is 11.9 Å². The minimum Gasteiger partial charge on any atom is -0.504 e. The third-order valence-electron chi connectivity index (χ3n) is 13.9. The van der Waals surface area contributed by atoms with Crippen molar-refractivity contribution >= 4 is 34.6 Å². The second-order valence-corrected chi connectivity index (χ2v) is 18.0. The molecule has 3 fully saturated rings. The van der Waals surface area contributed by atoms with Crippen molar-refractivity contribution in [1.29, 1.82) is 0 Å². The third-order valence-corrected chi connectivity index (χ3v) is 15.3. The number of carbonyl (C=O) groups excluding carboxylic acids is 2. The van der Waals surface area contributed by atoms with Gasteiger partial charge in [-0.15, -0.1) is 11.8 Å². The molecule has 1 spiro atoms. The molecule has 15 heteroatoms. The fraction of sp³-hybridized carbons (Fsp3) is 0.476. The van der Waals surface area contributed by atoms with E-state index >= 15 is 4.79 Å². The lowest BCUT2D eigenvalue weighted by Gasteiger charge is -2.59. The number of nitrogens with zero attached hydrogens (tertiary/aromatic N) is 2. The summed E-state index contributed by atoms with van der Waals surface area (Å²) >= 11 is 1.49. The molecule has 57 heavy (non-hydrogen) atoms. The zero-order valence-corrected chi connectivity index (χ0v) is 33.0. The molecule has 3 aromatic carbocycles. The number of hydrogen-bond donors (Lipinski definition) is 5. The van der Waals surface area contributed by atoms with Gasteiger partial charge < -0.3 is 44.0 Å². The zero-order chi connectivity index (χ0) is 39.5. The van der Waals surface area contributed by atoms with Crippen LogP contribution in [0.1, 0.15) is 82.2 Å². The Kier molecular flexibility index (Phi) is 7.37. The Morgan fingerprint density at radius 3 is 2.67 bits per heavy atom. The maximum Gasteiger partial charge on any atom is 0.333 e. The smallest absolute Gasteiger partial charge is 0.333 e. The number of H-pyrrole nitrogens is 1. The van der Waals surface area contributed by atoms with Gasteiger partial charge in [-0.1, -0.05) is 18.2 Å². The highest BCUT2D eigenvalue weighted by atomic mass is 32.2. The summed E-state index contributed by atoms with van der Waals surface area (Å²) in [4.78, 5) is 36.0. The number of aromatic nitrogens is 1. The highest BCUT2D eigenvalue weighted by Crippen LogP contribution is 2.71. The van der Waals surface area contributed by atoms with Gasteiger partial charge in [0.15, 0.2) is 28.5 Å². The van der Waals surface area contributed by atoms with Gasteiger partial charge in [0.05, 0.1) is 36.7 Å². The first-order chi connectivity index (χ1) is 27.3. The van der Waals surface area contributed by atoms with E-state index in [1.807, 2.05) is 38.1 Å². The average molecular weight is 797 g/mol. The van der Waals surface area contributed by atoms with E-state index in [2.05, 4.69) is 33.1 Å². The molecule has 8 atom stereocenters. The standard InChI is InChI=1S/C42H44N4O10S/c1-18-10-24-27(32(49)33(18)52-5)30-31-37-29-28(36-35(54-17-55-36)19(2)34(29)56-20(3)48)26(46(31)41(51)14-40(24,4)45(30)15-41)13-53-39(50)42(16-57-37)38-23(11-21(12-47)44-42)22-8-6-7-9-25(22)43-38/h6-10,21,26,30-31,37,43-44,47,49,51H,11-17H2,1-5H3/t21-,26+,30-,31?,37-,40-,41+,42-/m1/s1. The number of carbonyl (C=O) groups is 2. The molecule has 1 unspecified atom stereocenters. The van der Waals surface area contributed by atoms with Crippen LogP contribution in [0.5, 0.6) is 28.7 Å². The Balaban J connectivity index is 1.19. The molecule has 298 valence electrons. The summed E-state index contributed by atoms with van der Waals surface area (Å²) in [6.45, 7) is 7.05. The van der Waals surface area contributed by atoms with Crippen LogP contribution < -0.4 is 24.3 Å². The van der Waals surface area contributed by atoms with E-state index in [-0.39, 0.29) is 38.1 Å². The third kappa shape index (κ3) is 4.39. The van der Waals surface area contributed by atoms with Gasteiger partial charge in [0.1, 0.15) is 18.1 Å². The molecule has 0 amide bonds. The fourth-order valence-electron chi connectivity index (χ4n) is 11.8. The Hall–Kier alpha value is -4.51. The molecule has 4 bridgehead atoms. The minimum atomic E-state index is -1.42. The molecule has 8 aliphatic heterocycles. The van der Waals surface area contributed by atoms with Crippen molar-refractivity contribution in [3.63, 3.8) is 0 Å². The number of para-hydroxylation sites is 1. The van der Waals surface area contributed by atoms with Gasteiger partial charge in [0.2, 0.25) is 6.79 Å². The molecule has 0 radical (unpaired) electrons. The molecule has 14 nitrogen and oxygen atoms in total. The Morgan fingerprint density at radius 2 is 1.89 bits per heavy atom. The van der Waals surface area contributed by atoms with Gasteiger partial charge in [0, 0.05) is 76.4 Å². The van der Waals surface area contributed by atoms with Gasteiger partial charge in [-0.2, -0.15) is 0 Å². The molecule has 4 aromatic rings. The zero-order valence-electron chi connectivity index (χ0n) is 32.2. The van der Waals surface area contributed by atoms with Crippen molar-refractivity contribution in [2.24, 2.45) is 0 Å². The normalized spacial score (nSPS) is 33.2. The monoisotopic (exact) mass is 796 g/mol. The second-order valence-electron chi connectivity index (χ2n) is 16.9. The van der Waals surface area contributed by atoms with Crippen molar-refractivity contribution in [3.05, 3.63) is 75.0 Å². The summed E-state index contributed by atoms with van der Waals surface area (Å²) < 4.78 is 30.8. The summed E-state index contributed by atoms with van der Waals surface area (Å²) in [6.07, 6.45) is 0.812. The first kappa shape index (κ1) is 35.6.